The first-order chi connectivity index (χ1) is 8.58. The van der Waals surface area contributed by atoms with E-state index in [1.54, 1.807) is 18.2 Å². The largest absolute Gasteiger partial charge is 0.339 e. The maximum Gasteiger partial charge on any atom is 0.148 e. The lowest BCUT2D eigenvalue weighted by Gasteiger charge is -2.08. The molecular formula is C13H9ClFN3. The molecule has 0 aliphatic heterocycles. The fraction of sp³-hybridized carbons (Fsp3) is 0.0769. The number of hydrogen-bond donors (Lipinski definition) is 1. The molecule has 0 aliphatic carbocycles. The van der Waals surface area contributed by atoms with Crippen LogP contribution in [0.4, 0.5) is 15.9 Å². The zero-order valence-electron chi connectivity index (χ0n) is 9.54. The predicted molar refractivity (Wildman–Crippen MR) is 68.4 cm³/mol. The Kier molecular flexibility index (Phi) is 3.45. The number of benzene rings is 1. The van der Waals surface area contributed by atoms with Crippen LogP contribution in [-0.2, 0) is 0 Å². The van der Waals surface area contributed by atoms with Gasteiger partial charge in [0.05, 0.1) is 5.56 Å². The minimum Gasteiger partial charge on any atom is -0.339 e. The quantitative estimate of drug-likeness (QED) is 0.895. The van der Waals surface area contributed by atoms with E-state index in [2.05, 4.69) is 10.3 Å². The molecular weight excluding hydrogens is 253 g/mol. The number of aromatic nitrogens is 1. The van der Waals surface area contributed by atoms with Gasteiger partial charge >= 0.3 is 0 Å². The minimum atomic E-state index is -0.448. The van der Waals surface area contributed by atoms with Crippen LogP contribution >= 0.6 is 11.6 Å². The van der Waals surface area contributed by atoms with Crippen LogP contribution in [0.2, 0.25) is 5.02 Å². The van der Waals surface area contributed by atoms with Crippen LogP contribution in [0, 0.1) is 24.1 Å². The molecule has 3 nitrogen and oxygen atoms in total. The van der Waals surface area contributed by atoms with E-state index in [1.165, 1.54) is 12.1 Å². The van der Waals surface area contributed by atoms with Crippen molar-refractivity contribution in [2.45, 2.75) is 6.92 Å². The zero-order valence-corrected chi connectivity index (χ0v) is 10.3. The van der Waals surface area contributed by atoms with Crippen LogP contribution < -0.4 is 5.32 Å². The van der Waals surface area contributed by atoms with Crippen LogP contribution in [-0.4, -0.2) is 4.98 Å². The maximum absolute atomic E-state index is 13.2. The van der Waals surface area contributed by atoms with Gasteiger partial charge in [0.2, 0.25) is 0 Å². The number of halogens is 2. The molecule has 1 aromatic carbocycles. The Morgan fingerprint density at radius 2 is 2.11 bits per heavy atom. The highest BCUT2D eigenvalue weighted by molar-refractivity contribution is 6.30. The van der Waals surface area contributed by atoms with Crippen molar-refractivity contribution in [1.82, 2.24) is 4.98 Å². The number of anilines is 2. The van der Waals surface area contributed by atoms with Gasteiger partial charge in [0.1, 0.15) is 17.7 Å². The summed E-state index contributed by atoms with van der Waals surface area (Å²) in [5.41, 5.74) is 1.61. The molecule has 1 N–H and O–H groups in total. The zero-order chi connectivity index (χ0) is 13.1. The number of rotatable bonds is 2. The summed E-state index contributed by atoms with van der Waals surface area (Å²) in [5, 5.41) is 12.1. The van der Waals surface area contributed by atoms with Gasteiger partial charge in [0.15, 0.2) is 0 Å². The standard InChI is InChI=1S/C13H9ClFN3/c1-8-2-3-9(7-16)13(17-8)18-12-5-10(14)4-11(15)6-12/h2-6H,1H3,(H,17,18). The van der Waals surface area contributed by atoms with E-state index in [0.29, 0.717) is 17.1 Å². The van der Waals surface area contributed by atoms with Gasteiger partial charge in [-0.1, -0.05) is 11.6 Å². The van der Waals surface area contributed by atoms with Gasteiger partial charge in [0, 0.05) is 16.4 Å². The van der Waals surface area contributed by atoms with Crippen LogP contribution in [0.15, 0.2) is 30.3 Å². The number of nitriles is 1. The highest BCUT2D eigenvalue weighted by atomic mass is 35.5. The molecule has 0 unspecified atom stereocenters. The van der Waals surface area contributed by atoms with Crippen molar-refractivity contribution in [3.05, 3.63) is 52.4 Å². The number of hydrogen-bond acceptors (Lipinski definition) is 3. The Bertz CT molecular complexity index is 614. The van der Waals surface area contributed by atoms with Gasteiger partial charge in [0.25, 0.3) is 0 Å². The fourth-order valence-corrected chi connectivity index (χ4v) is 1.73. The van der Waals surface area contributed by atoms with E-state index in [4.69, 9.17) is 16.9 Å². The molecule has 0 amide bonds. The lowest BCUT2D eigenvalue weighted by molar-refractivity contribution is 0.628. The maximum atomic E-state index is 13.2. The topological polar surface area (TPSA) is 48.7 Å². The van der Waals surface area contributed by atoms with Gasteiger partial charge < -0.3 is 5.32 Å². The van der Waals surface area contributed by atoms with Crippen molar-refractivity contribution >= 4 is 23.1 Å². The molecule has 0 saturated heterocycles. The number of nitrogens with zero attached hydrogens (tertiary/aromatic N) is 2. The second-order valence-corrected chi connectivity index (χ2v) is 4.18. The highest BCUT2D eigenvalue weighted by Crippen LogP contribution is 2.23. The molecule has 0 aliphatic rings. The number of nitrogens with one attached hydrogen (secondary N) is 1. The smallest absolute Gasteiger partial charge is 0.148 e. The molecule has 0 atom stereocenters. The Labute approximate surface area is 109 Å². The van der Waals surface area contributed by atoms with E-state index in [1.807, 2.05) is 13.0 Å². The van der Waals surface area contributed by atoms with Crippen LogP contribution in [0.5, 0.6) is 0 Å². The van der Waals surface area contributed by atoms with E-state index in [-0.39, 0.29) is 5.02 Å². The SMILES string of the molecule is Cc1ccc(C#N)c(Nc2cc(F)cc(Cl)c2)n1. The van der Waals surface area contributed by atoms with Gasteiger partial charge in [-0.15, -0.1) is 0 Å². The van der Waals surface area contributed by atoms with Crippen molar-refractivity contribution in [2.75, 3.05) is 5.32 Å². The lowest BCUT2D eigenvalue weighted by atomic mass is 10.2. The molecule has 90 valence electrons. The third kappa shape index (κ3) is 2.76. The van der Waals surface area contributed by atoms with E-state index >= 15 is 0 Å². The average Bonchev–Trinajstić information content (AvgIpc) is 2.27. The molecule has 1 aromatic heterocycles. The highest BCUT2D eigenvalue weighted by Gasteiger charge is 2.06. The first kappa shape index (κ1) is 12.3. The Balaban J connectivity index is 2.39. The molecule has 18 heavy (non-hydrogen) atoms. The average molecular weight is 262 g/mol. The summed E-state index contributed by atoms with van der Waals surface area (Å²) in [5.74, 6) is -0.0599. The first-order valence-electron chi connectivity index (χ1n) is 5.19. The summed E-state index contributed by atoms with van der Waals surface area (Å²) in [7, 11) is 0. The molecule has 0 saturated carbocycles. The van der Waals surface area contributed by atoms with Crippen molar-refractivity contribution in [2.24, 2.45) is 0 Å². The monoisotopic (exact) mass is 261 g/mol. The second kappa shape index (κ2) is 5.03. The molecule has 1 heterocycles. The molecule has 2 aromatic rings. The summed E-state index contributed by atoms with van der Waals surface area (Å²) in [6.07, 6.45) is 0. The van der Waals surface area contributed by atoms with Crippen molar-refractivity contribution in [3.63, 3.8) is 0 Å². The lowest BCUT2D eigenvalue weighted by Crippen LogP contribution is -1.98. The summed E-state index contributed by atoms with van der Waals surface area (Å²) in [6.45, 7) is 1.81. The molecule has 2 rings (SSSR count). The number of aryl methyl sites for hydroxylation is 1. The first-order valence-corrected chi connectivity index (χ1v) is 5.57. The van der Waals surface area contributed by atoms with Gasteiger partial charge in [-0.3, -0.25) is 0 Å². The summed E-state index contributed by atoms with van der Waals surface area (Å²) in [6, 6.07) is 9.48. The van der Waals surface area contributed by atoms with Gasteiger partial charge in [-0.05, 0) is 37.3 Å². The van der Waals surface area contributed by atoms with Gasteiger partial charge in [-0.2, -0.15) is 5.26 Å². The Hall–Kier alpha value is -2.12. The molecule has 0 radical (unpaired) electrons. The molecule has 0 spiro atoms. The summed E-state index contributed by atoms with van der Waals surface area (Å²) >= 11 is 5.76. The van der Waals surface area contributed by atoms with Gasteiger partial charge in [-0.25, -0.2) is 9.37 Å². The van der Waals surface area contributed by atoms with Crippen LogP contribution in [0.25, 0.3) is 0 Å². The second-order valence-electron chi connectivity index (χ2n) is 3.74. The minimum absolute atomic E-state index is 0.281. The van der Waals surface area contributed by atoms with Crippen molar-refractivity contribution < 1.29 is 4.39 Å². The Morgan fingerprint density at radius 3 is 2.78 bits per heavy atom. The molecule has 0 bridgehead atoms. The summed E-state index contributed by atoms with van der Waals surface area (Å²) < 4.78 is 13.2. The van der Waals surface area contributed by atoms with E-state index in [0.717, 1.165) is 5.69 Å². The van der Waals surface area contributed by atoms with Crippen LogP contribution in [0.1, 0.15) is 11.3 Å². The normalized spacial score (nSPS) is 9.89. The van der Waals surface area contributed by atoms with E-state index < -0.39 is 5.82 Å². The fourth-order valence-electron chi connectivity index (χ4n) is 1.50. The third-order valence-electron chi connectivity index (χ3n) is 2.28. The summed E-state index contributed by atoms with van der Waals surface area (Å²) in [4.78, 5) is 4.20. The molecule has 5 heteroatoms. The third-order valence-corrected chi connectivity index (χ3v) is 2.50. The predicted octanol–water partition coefficient (Wildman–Crippen LogP) is 3.80. The van der Waals surface area contributed by atoms with Crippen molar-refractivity contribution in [1.29, 1.82) is 5.26 Å². The Morgan fingerprint density at radius 1 is 1.33 bits per heavy atom. The van der Waals surface area contributed by atoms with Crippen molar-refractivity contribution in [3.8, 4) is 6.07 Å². The molecule has 0 fully saturated rings. The van der Waals surface area contributed by atoms with E-state index in [9.17, 15) is 4.39 Å². The van der Waals surface area contributed by atoms with Crippen LogP contribution in [0.3, 0.4) is 0 Å². The number of pyridine rings is 1.